The molecule has 1 N–H and O–H groups in total. The molecule has 0 unspecified atom stereocenters. The molecule has 4 amide bonds. The molecule has 298 valence electrons. The molecule has 0 bridgehead atoms. The number of allylic oxidation sites excluding steroid dienone is 2. The molecule has 2 saturated heterocycles. The average molecular weight is 843 g/mol. The van der Waals surface area contributed by atoms with Gasteiger partial charge in [0.05, 0.1) is 34.6 Å². The zero-order valence-electron chi connectivity index (χ0n) is 32.4. The van der Waals surface area contributed by atoms with Crippen LogP contribution >= 0.6 is 34.3 Å². The van der Waals surface area contributed by atoms with E-state index in [0.29, 0.717) is 40.9 Å². The summed E-state index contributed by atoms with van der Waals surface area (Å²) in [6.45, 7) is 4.31. The molecule has 59 heavy (non-hydrogen) atoms. The van der Waals surface area contributed by atoms with Crippen LogP contribution in [0.25, 0.3) is 20.7 Å². The molecule has 3 aromatic carbocycles. The molecular weight excluding hydrogens is 804 g/mol. The fourth-order valence-corrected chi connectivity index (χ4v) is 12.2. The van der Waals surface area contributed by atoms with Crippen molar-refractivity contribution in [2.75, 3.05) is 4.90 Å². The minimum Gasteiger partial charge on any atom is -0.508 e. The number of aromatic nitrogens is 2. The van der Waals surface area contributed by atoms with Crippen molar-refractivity contribution in [3.63, 3.8) is 0 Å². The molecule has 0 spiro atoms. The monoisotopic (exact) mass is 842 g/mol. The number of carbonyl (C=O) groups excluding carboxylic acids is 4. The Hall–Kier alpha value is -5.56. The van der Waals surface area contributed by atoms with Crippen LogP contribution in [0.5, 0.6) is 11.5 Å². The number of carbonyl (C=O) groups is 4. The molecule has 10 rings (SSSR count). The van der Waals surface area contributed by atoms with E-state index in [2.05, 4.69) is 0 Å². The number of thiophene rings is 2. The first-order chi connectivity index (χ1) is 28.4. The van der Waals surface area contributed by atoms with Gasteiger partial charge in [0.1, 0.15) is 29.6 Å². The number of aryl methyl sites for hydroxylation is 2. The quantitative estimate of drug-likeness (QED) is 0.120. The summed E-state index contributed by atoms with van der Waals surface area (Å²) in [4.78, 5) is 63.1. The van der Waals surface area contributed by atoms with Gasteiger partial charge in [-0.3, -0.25) is 28.8 Å². The van der Waals surface area contributed by atoms with Crippen LogP contribution in [0.2, 0.25) is 5.02 Å². The Morgan fingerprint density at radius 1 is 0.949 bits per heavy atom. The number of hydrogen-bond donors (Lipinski definition) is 1. The van der Waals surface area contributed by atoms with Gasteiger partial charge in [0.15, 0.2) is 0 Å². The lowest BCUT2D eigenvalue weighted by Gasteiger charge is -2.49. The Balaban J connectivity index is 1.05. The van der Waals surface area contributed by atoms with E-state index in [1.54, 1.807) is 47.3 Å². The highest BCUT2D eigenvalue weighted by Crippen LogP contribution is 2.64. The van der Waals surface area contributed by atoms with Crippen molar-refractivity contribution in [1.29, 1.82) is 0 Å². The van der Waals surface area contributed by atoms with Gasteiger partial charge >= 0.3 is 0 Å². The maximum absolute atomic E-state index is 15.3. The van der Waals surface area contributed by atoms with Crippen LogP contribution in [0.15, 0.2) is 102 Å². The van der Waals surface area contributed by atoms with Crippen molar-refractivity contribution >= 4 is 73.8 Å². The number of fused-ring (bicyclic) bond motifs is 5. The number of phenolic OH excluding ortho intramolecular Hbond substituents is 1. The fourth-order valence-electron chi connectivity index (χ4n) is 10.2. The third kappa shape index (κ3) is 5.82. The third-order valence-electron chi connectivity index (χ3n) is 13.0. The average Bonchev–Trinajstić information content (AvgIpc) is 4.04. The number of amides is 4. The molecule has 3 aromatic heterocycles. The van der Waals surface area contributed by atoms with Crippen molar-refractivity contribution in [2.24, 2.45) is 36.1 Å². The Bertz CT molecular complexity index is 2760. The predicted octanol–water partition coefficient (Wildman–Crippen LogP) is 9.04. The molecule has 4 aliphatic rings. The number of aromatic hydroxyl groups is 1. The van der Waals surface area contributed by atoms with Gasteiger partial charge in [0.2, 0.25) is 23.6 Å². The molecule has 13 heteroatoms. The van der Waals surface area contributed by atoms with Crippen LogP contribution < -0.4 is 9.64 Å². The first kappa shape index (κ1) is 37.7. The molecular formula is C46H39ClN4O6S2. The summed E-state index contributed by atoms with van der Waals surface area (Å²) in [5.41, 5.74) is 2.49. The summed E-state index contributed by atoms with van der Waals surface area (Å²) < 4.78 is 8.68. The van der Waals surface area contributed by atoms with Crippen molar-refractivity contribution in [2.45, 2.75) is 45.8 Å². The zero-order valence-corrected chi connectivity index (χ0v) is 34.8. The molecule has 2 aliphatic carbocycles. The van der Waals surface area contributed by atoms with Gasteiger partial charge in [-0.05, 0) is 84.8 Å². The fraction of sp³-hybridized carbons (Fsp3) is 0.283. The van der Waals surface area contributed by atoms with Gasteiger partial charge in [-0.2, -0.15) is 5.10 Å². The van der Waals surface area contributed by atoms with E-state index in [1.807, 2.05) is 86.0 Å². The summed E-state index contributed by atoms with van der Waals surface area (Å²) >= 11 is 9.40. The van der Waals surface area contributed by atoms with E-state index < -0.39 is 46.8 Å². The number of nitrogens with zero attached hydrogens (tertiary/aromatic N) is 4. The number of benzene rings is 3. The van der Waals surface area contributed by atoms with E-state index in [0.717, 1.165) is 36.5 Å². The summed E-state index contributed by atoms with van der Waals surface area (Å²) in [5, 5.41) is 20.3. The van der Waals surface area contributed by atoms with Crippen molar-refractivity contribution in [3.05, 3.63) is 129 Å². The number of rotatable bonds is 8. The van der Waals surface area contributed by atoms with E-state index in [1.165, 1.54) is 21.1 Å². The summed E-state index contributed by atoms with van der Waals surface area (Å²) in [7, 11) is 1.72. The van der Waals surface area contributed by atoms with E-state index in [9.17, 15) is 14.7 Å². The number of halogens is 1. The van der Waals surface area contributed by atoms with Crippen molar-refractivity contribution in [3.8, 4) is 22.1 Å². The molecule has 2 aliphatic heterocycles. The molecule has 3 fully saturated rings. The third-order valence-corrected chi connectivity index (χ3v) is 15.4. The number of phenols is 1. The van der Waals surface area contributed by atoms with Crippen LogP contribution in [0, 0.1) is 36.0 Å². The second-order valence-corrected chi connectivity index (χ2v) is 18.7. The highest BCUT2D eigenvalue weighted by Gasteiger charge is 2.68. The van der Waals surface area contributed by atoms with Crippen LogP contribution in [-0.2, 0) is 39.4 Å². The normalized spacial score (nSPS) is 25.1. The Morgan fingerprint density at radius 3 is 2.53 bits per heavy atom. The maximum atomic E-state index is 15.3. The standard InChI is InChI=1S/C46H39ClN4O6S2/c1-24-32-18-26(47)11-16-37(32)59-41(24)35-21-38(49(3)48-35)51-43(54)34-20-33-29(14-15-31-39(33)44(55)50(42(31)53)22-28-10-7-17-58-28)40(46(34,2)45(51)56)30-13-12-27(19-36(30)52)57-23-25-8-5-4-6-9-25/h4-14,16-19,21,31,33-34,39-40,52H,15,20,22-23H2,1-3H3/t31-,33+,34-,39-,40+,46+/m0/s1. The molecule has 6 aromatic rings. The SMILES string of the molecule is Cc1c(-c2cc(N3C(=O)[C@@H]4C[C@@H]5C(=CC[C@@H]6C(=O)N(Cc7cccs7)C(=O)[C@@H]65)[C@H](c5ccc(OCc6ccccc6)cc5O)[C@]4(C)C3=O)n(C)n2)sc2ccc(Cl)cc12. The van der Waals surface area contributed by atoms with Gasteiger partial charge in [0, 0.05) is 45.3 Å². The van der Waals surface area contributed by atoms with Crippen LogP contribution in [-0.4, -0.2) is 43.4 Å². The highest BCUT2D eigenvalue weighted by atomic mass is 35.5. The molecule has 5 heterocycles. The summed E-state index contributed by atoms with van der Waals surface area (Å²) in [6.07, 6.45) is 2.51. The van der Waals surface area contributed by atoms with Gasteiger partial charge < -0.3 is 9.84 Å². The van der Waals surface area contributed by atoms with E-state index in [-0.39, 0.29) is 30.5 Å². The smallest absolute Gasteiger partial charge is 0.242 e. The Labute approximate surface area is 353 Å². The topological polar surface area (TPSA) is 122 Å². The van der Waals surface area contributed by atoms with Gasteiger partial charge in [-0.25, -0.2) is 4.90 Å². The minimum absolute atomic E-state index is 0.0841. The van der Waals surface area contributed by atoms with Crippen molar-refractivity contribution in [1.82, 2.24) is 14.7 Å². The van der Waals surface area contributed by atoms with Crippen LogP contribution in [0.1, 0.15) is 47.3 Å². The second kappa shape index (κ2) is 14.0. The minimum atomic E-state index is -1.35. The highest BCUT2D eigenvalue weighted by molar-refractivity contribution is 7.22. The second-order valence-electron chi connectivity index (χ2n) is 16.2. The molecule has 10 nitrogen and oxygen atoms in total. The van der Waals surface area contributed by atoms with Gasteiger partial charge in [-0.1, -0.05) is 65.7 Å². The lowest BCUT2D eigenvalue weighted by Crippen LogP contribution is -2.48. The number of anilines is 1. The number of hydrogen-bond acceptors (Lipinski definition) is 9. The van der Waals surface area contributed by atoms with Gasteiger partial charge in [0.25, 0.3) is 0 Å². The lowest BCUT2D eigenvalue weighted by atomic mass is 9.51. The van der Waals surface area contributed by atoms with E-state index in [4.69, 9.17) is 21.4 Å². The first-order valence-electron chi connectivity index (χ1n) is 19.6. The summed E-state index contributed by atoms with van der Waals surface area (Å²) in [5.74, 6) is -4.03. The lowest BCUT2D eigenvalue weighted by molar-refractivity contribution is -0.141. The summed E-state index contributed by atoms with van der Waals surface area (Å²) in [6, 6.07) is 26.1. The number of imide groups is 2. The molecule has 1 saturated carbocycles. The number of likely N-dealkylation sites (tertiary alicyclic amines) is 1. The van der Waals surface area contributed by atoms with Crippen LogP contribution in [0.4, 0.5) is 5.82 Å². The Kier molecular flexibility index (Phi) is 8.97. The molecule has 0 radical (unpaired) electrons. The van der Waals surface area contributed by atoms with E-state index >= 15 is 9.59 Å². The largest absolute Gasteiger partial charge is 0.508 e. The first-order valence-corrected chi connectivity index (χ1v) is 21.7. The number of ether oxygens (including phenoxy) is 1. The van der Waals surface area contributed by atoms with Gasteiger partial charge in [-0.15, -0.1) is 22.7 Å². The van der Waals surface area contributed by atoms with Crippen molar-refractivity contribution < 1.29 is 29.0 Å². The zero-order chi connectivity index (χ0) is 40.9. The predicted molar refractivity (Wildman–Crippen MR) is 227 cm³/mol. The Morgan fingerprint density at radius 2 is 1.76 bits per heavy atom. The van der Waals surface area contributed by atoms with Crippen LogP contribution in [0.3, 0.4) is 0 Å². The molecule has 6 atom stereocenters. The maximum Gasteiger partial charge on any atom is 0.242 e.